The Balaban J connectivity index is 2.23. The topological polar surface area (TPSA) is 34.1 Å². The van der Waals surface area contributed by atoms with Crippen LogP contribution in [-0.4, -0.2) is 11.0 Å². The Bertz CT molecular complexity index is 632. The second kappa shape index (κ2) is 7.25. The molecule has 0 fully saturated rings. The van der Waals surface area contributed by atoms with Crippen LogP contribution in [0.15, 0.2) is 34.9 Å². The van der Waals surface area contributed by atoms with Gasteiger partial charge in [0.05, 0.1) is 0 Å². The molecular weight excluding hydrogens is 352 g/mol. The van der Waals surface area contributed by atoms with Crippen molar-refractivity contribution >= 4 is 27.5 Å². The lowest BCUT2D eigenvalue weighted by Gasteiger charge is -2.13. The van der Waals surface area contributed by atoms with E-state index in [-0.39, 0.29) is 0 Å². The fourth-order valence-corrected chi connectivity index (χ4v) is 2.29. The second-order valence-corrected chi connectivity index (χ2v) is 6.49. The van der Waals surface area contributed by atoms with Gasteiger partial charge in [0, 0.05) is 33.8 Å². The summed E-state index contributed by atoms with van der Waals surface area (Å²) in [6, 6.07) is 8.00. The van der Waals surface area contributed by atoms with E-state index in [9.17, 15) is 0 Å². The van der Waals surface area contributed by atoms with Gasteiger partial charge in [0.25, 0.3) is 0 Å². The van der Waals surface area contributed by atoms with Crippen LogP contribution in [-0.2, 0) is 6.54 Å². The molecule has 0 aliphatic rings. The number of rotatable bonds is 5. The number of hydrogen-bond donors (Lipinski definition) is 1. The van der Waals surface area contributed by atoms with Crippen molar-refractivity contribution in [1.29, 1.82) is 0 Å². The number of nitrogens with zero attached hydrogens (tertiary/aromatic N) is 1. The zero-order valence-electron chi connectivity index (χ0n) is 12.3. The molecule has 0 saturated heterocycles. The highest BCUT2D eigenvalue weighted by Gasteiger charge is 2.09. The fraction of sp³-hybridized carbons (Fsp3) is 0.312. The minimum atomic E-state index is 0.398. The average Bonchev–Trinajstić information content (AvgIpc) is 2.43. The molecule has 2 aromatic rings. The Hall–Kier alpha value is -1.10. The normalized spacial score (nSPS) is 11.0. The monoisotopic (exact) mass is 368 g/mol. The highest BCUT2D eigenvalue weighted by Crippen LogP contribution is 2.28. The van der Waals surface area contributed by atoms with Gasteiger partial charge >= 0.3 is 0 Å². The van der Waals surface area contributed by atoms with Crippen LogP contribution in [0.5, 0.6) is 11.6 Å². The molecule has 0 aliphatic heterocycles. The smallest absolute Gasteiger partial charge is 0.223 e. The van der Waals surface area contributed by atoms with E-state index >= 15 is 0 Å². The van der Waals surface area contributed by atoms with E-state index in [0.29, 0.717) is 18.5 Å². The number of halogens is 2. The summed E-state index contributed by atoms with van der Waals surface area (Å²) in [5, 5.41) is 4.10. The summed E-state index contributed by atoms with van der Waals surface area (Å²) in [7, 11) is 0. The van der Waals surface area contributed by atoms with Crippen LogP contribution >= 0.6 is 27.5 Å². The lowest BCUT2D eigenvalue weighted by atomic mass is 10.2. The first-order chi connectivity index (χ1) is 9.95. The lowest BCUT2D eigenvalue weighted by Crippen LogP contribution is -2.22. The van der Waals surface area contributed by atoms with Gasteiger partial charge in [0.15, 0.2) is 0 Å². The van der Waals surface area contributed by atoms with Gasteiger partial charge in [0.1, 0.15) is 5.75 Å². The maximum absolute atomic E-state index is 6.03. The van der Waals surface area contributed by atoms with Gasteiger partial charge in [-0.05, 0) is 52.7 Å². The fourth-order valence-electron chi connectivity index (χ4n) is 1.79. The molecule has 1 aromatic heterocycles. The summed E-state index contributed by atoms with van der Waals surface area (Å²) < 4.78 is 6.84. The van der Waals surface area contributed by atoms with Crippen molar-refractivity contribution in [3.8, 4) is 11.6 Å². The van der Waals surface area contributed by atoms with Gasteiger partial charge in [-0.3, -0.25) is 0 Å². The van der Waals surface area contributed by atoms with Gasteiger partial charge in [-0.15, -0.1) is 0 Å². The molecule has 0 amide bonds. The molecule has 0 radical (unpaired) electrons. The highest BCUT2D eigenvalue weighted by molar-refractivity contribution is 9.10. The molecule has 1 N–H and O–H groups in total. The first kappa shape index (κ1) is 16.3. The molecule has 0 spiro atoms. The van der Waals surface area contributed by atoms with Crippen molar-refractivity contribution in [2.75, 3.05) is 0 Å². The van der Waals surface area contributed by atoms with E-state index < -0.39 is 0 Å². The SMILES string of the molecule is Cc1cc(Oc2ncc(Br)cc2CNC(C)C)ccc1Cl. The molecule has 3 nitrogen and oxygen atoms in total. The van der Waals surface area contributed by atoms with E-state index in [1.807, 2.05) is 31.2 Å². The molecular formula is C16H18BrClN2O. The van der Waals surface area contributed by atoms with E-state index in [4.69, 9.17) is 16.3 Å². The van der Waals surface area contributed by atoms with Crippen molar-refractivity contribution in [1.82, 2.24) is 10.3 Å². The maximum Gasteiger partial charge on any atom is 0.223 e. The molecule has 0 unspecified atom stereocenters. The first-order valence-corrected chi connectivity index (χ1v) is 7.94. The third kappa shape index (κ3) is 4.70. The van der Waals surface area contributed by atoms with E-state index in [1.54, 1.807) is 6.20 Å². The van der Waals surface area contributed by atoms with Gasteiger partial charge < -0.3 is 10.1 Å². The standard InChI is InChI=1S/C16H18BrClN2O/c1-10(2)19-8-12-7-13(17)9-20-16(12)21-14-4-5-15(18)11(3)6-14/h4-7,9-10,19H,8H2,1-3H3. The van der Waals surface area contributed by atoms with Crippen molar-refractivity contribution < 1.29 is 4.74 Å². The molecule has 112 valence electrons. The minimum absolute atomic E-state index is 0.398. The van der Waals surface area contributed by atoms with Crippen molar-refractivity contribution in [2.24, 2.45) is 0 Å². The predicted octanol–water partition coefficient (Wildman–Crippen LogP) is 5.10. The van der Waals surface area contributed by atoms with Crippen LogP contribution in [0.2, 0.25) is 5.02 Å². The third-order valence-electron chi connectivity index (χ3n) is 2.94. The summed E-state index contributed by atoms with van der Waals surface area (Å²) >= 11 is 9.48. The van der Waals surface area contributed by atoms with Crippen LogP contribution < -0.4 is 10.1 Å². The quantitative estimate of drug-likeness (QED) is 0.796. The highest BCUT2D eigenvalue weighted by atomic mass is 79.9. The Morgan fingerprint density at radius 2 is 2.10 bits per heavy atom. The van der Waals surface area contributed by atoms with Crippen LogP contribution in [0.25, 0.3) is 0 Å². The number of aryl methyl sites for hydroxylation is 1. The van der Waals surface area contributed by atoms with Gasteiger partial charge in [-0.1, -0.05) is 25.4 Å². The zero-order valence-corrected chi connectivity index (χ0v) is 14.6. The molecule has 5 heteroatoms. The van der Waals surface area contributed by atoms with E-state index in [1.165, 1.54) is 0 Å². The van der Waals surface area contributed by atoms with Gasteiger partial charge in [0.2, 0.25) is 5.88 Å². The number of nitrogens with one attached hydrogen (secondary N) is 1. The van der Waals surface area contributed by atoms with Gasteiger partial charge in [-0.25, -0.2) is 4.98 Å². The van der Waals surface area contributed by atoms with Crippen LogP contribution in [0.3, 0.4) is 0 Å². The third-order valence-corrected chi connectivity index (χ3v) is 3.79. The number of pyridine rings is 1. The minimum Gasteiger partial charge on any atom is -0.439 e. The molecule has 0 atom stereocenters. The maximum atomic E-state index is 6.03. The van der Waals surface area contributed by atoms with Crippen LogP contribution in [0.4, 0.5) is 0 Å². The Morgan fingerprint density at radius 1 is 1.33 bits per heavy atom. The van der Waals surface area contributed by atoms with E-state index in [2.05, 4.69) is 40.1 Å². The van der Waals surface area contributed by atoms with Crippen molar-refractivity contribution in [3.63, 3.8) is 0 Å². The van der Waals surface area contributed by atoms with Crippen molar-refractivity contribution in [3.05, 3.63) is 51.1 Å². The average molecular weight is 370 g/mol. The van der Waals surface area contributed by atoms with Crippen LogP contribution in [0, 0.1) is 6.92 Å². The summed E-state index contributed by atoms with van der Waals surface area (Å²) in [5.74, 6) is 1.34. The molecule has 0 saturated carbocycles. The summed E-state index contributed by atoms with van der Waals surface area (Å²) in [6.45, 7) is 6.86. The molecule has 1 aromatic carbocycles. The Labute approximate surface area is 138 Å². The number of ether oxygens (including phenoxy) is 1. The second-order valence-electron chi connectivity index (χ2n) is 5.17. The molecule has 1 heterocycles. The summed E-state index contributed by atoms with van der Waals surface area (Å²) in [5.41, 5.74) is 1.99. The zero-order chi connectivity index (χ0) is 15.4. The molecule has 21 heavy (non-hydrogen) atoms. The number of aromatic nitrogens is 1. The number of hydrogen-bond acceptors (Lipinski definition) is 3. The Morgan fingerprint density at radius 3 is 2.76 bits per heavy atom. The first-order valence-electron chi connectivity index (χ1n) is 6.77. The van der Waals surface area contributed by atoms with E-state index in [0.717, 1.165) is 26.4 Å². The molecule has 2 rings (SSSR count). The summed E-state index contributed by atoms with van der Waals surface area (Å²) in [4.78, 5) is 4.36. The van der Waals surface area contributed by atoms with Crippen LogP contribution in [0.1, 0.15) is 25.0 Å². The lowest BCUT2D eigenvalue weighted by molar-refractivity contribution is 0.449. The summed E-state index contributed by atoms with van der Waals surface area (Å²) in [6.07, 6.45) is 1.73. The molecule has 0 aliphatic carbocycles. The van der Waals surface area contributed by atoms with Crippen molar-refractivity contribution in [2.45, 2.75) is 33.4 Å². The molecule has 0 bridgehead atoms. The van der Waals surface area contributed by atoms with Gasteiger partial charge in [-0.2, -0.15) is 0 Å². The predicted molar refractivity (Wildman–Crippen MR) is 90.2 cm³/mol. The Kier molecular flexibility index (Phi) is 5.62. The largest absolute Gasteiger partial charge is 0.439 e. The number of benzene rings is 1.